The highest BCUT2D eigenvalue weighted by Crippen LogP contribution is 2.46. The molecule has 0 amide bonds. The second kappa shape index (κ2) is 13.4. The standard InChI is InChI=1S/C48H58O2Si4/c1-49-37-19-15-31(16-20-37)47-39-23-33-27-43(51(3,4)5)45(53(9,10)11)29-35(33)25-41(39)48(32-17-21-38(50-2)22-18-32)42-26-36-30-46(54(12,13)14)44(52(6,7)8)28-34(36)24-40(42)47/h15-30H,1-14H3. The van der Waals surface area contributed by atoms with Crippen LogP contribution >= 0.6 is 0 Å². The highest BCUT2D eigenvalue weighted by molar-refractivity contribution is 6.99. The van der Waals surface area contributed by atoms with E-state index in [1.807, 2.05) is 0 Å². The first kappa shape index (κ1) is 38.3. The van der Waals surface area contributed by atoms with Gasteiger partial charge >= 0.3 is 0 Å². The van der Waals surface area contributed by atoms with Crippen LogP contribution in [0.2, 0.25) is 78.6 Å². The highest BCUT2D eigenvalue weighted by Gasteiger charge is 2.30. The first-order valence-electron chi connectivity index (χ1n) is 19.5. The first-order valence-corrected chi connectivity index (χ1v) is 33.5. The lowest BCUT2D eigenvalue weighted by atomic mass is 9.84. The van der Waals surface area contributed by atoms with Crippen molar-refractivity contribution in [1.82, 2.24) is 0 Å². The third kappa shape index (κ3) is 6.91. The molecule has 0 aliphatic rings. The Morgan fingerprint density at radius 3 is 0.722 bits per heavy atom. The highest BCUT2D eigenvalue weighted by atomic mass is 28.3. The summed E-state index contributed by atoms with van der Waals surface area (Å²) in [6.07, 6.45) is 0. The summed E-state index contributed by atoms with van der Waals surface area (Å²) in [7, 11) is -3.03. The fourth-order valence-electron chi connectivity index (χ4n) is 8.44. The third-order valence-electron chi connectivity index (χ3n) is 11.3. The first-order chi connectivity index (χ1) is 25.2. The number of fused-ring (bicyclic) bond motifs is 4. The van der Waals surface area contributed by atoms with Gasteiger partial charge in [-0.1, -0.05) is 148 Å². The van der Waals surface area contributed by atoms with E-state index < -0.39 is 32.3 Å². The lowest BCUT2D eigenvalue weighted by Crippen LogP contribution is -2.56. The van der Waals surface area contributed by atoms with Crippen molar-refractivity contribution in [3.8, 4) is 33.8 Å². The number of hydrogen-bond acceptors (Lipinski definition) is 2. The summed E-state index contributed by atoms with van der Waals surface area (Å²) in [6, 6.07) is 37.8. The van der Waals surface area contributed by atoms with Crippen molar-refractivity contribution in [3.63, 3.8) is 0 Å². The molecule has 0 aromatic heterocycles. The largest absolute Gasteiger partial charge is 0.497 e. The van der Waals surface area contributed by atoms with Crippen LogP contribution in [0.1, 0.15) is 0 Å². The SMILES string of the molecule is COc1ccc(-c2c3cc4cc([Si](C)(C)C)c([Si](C)(C)C)cc4cc3c(-c3ccc(OC)cc3)c3cc4cc([Si](C)(C)C)c([Si](C)(C)C)cc4cc23)cc1. The third-order valence-corrected chi connectivity index (χ3v) is 19.9. The van der Waals surface area contributed by atoms with E-state index in [0.29, 0.717) is 0 Å². The lowest BCUT2D eigenvalue weighted by molar-refractivity contribution is 0.415. The molecule has 0 bridgehead atoms. The fourth-order valence-corrected chi connectivity index (χ4v) is 18.8. The zero-order chi connectivity index (χ0) is 39.1. The second-order valence-electron chi connectivity index (χ2n) is 19.5. The van der Waals surface area contributed by atoms with Crippen LogP contribution in [0, 0.1) is 0 Å². The van der Waals surface area contributed by atoms with Gasteiger partial charge in [0.2, 0.25) is 0 Å². The predicted octanol–water partition coefficient (Wildman–Crippen LogP) is 11.8. The maximum atomic E-state index is 5.66. The molecule has 0 radical (unpaired) electrons. The van der Waals surface area contributed by atoms with Gasteiger partial charge in [-0.3, -0.25) is 0 Å². The monoisotopic (exact) mass is 778 g/mol. The van der Waals surface area contributed by atoms with Crippen molar-refractivity contribution in [2.24, 2.45) is 0 Å². The van der Waals surface area contributed by atoms with Crippen molar-refractivity contribution < 1.29 is 9.47 Å². The van der Waals surface area contributed by atoms with Gasteiger partial charge in [0.05, 0.1) is 46.5 Å². The smallest absolute Gasteiger partial charge is 0.118 e. The van der Waals surface area contributed by atoms with Gasteiger partial charge < -0.3 is 9.47 Å². The van der Waals surface area contributed by atoms with Gasteiger partial charge in [-0.05, 0) is 114 Å². The summed E-state index contributed by atoms with van der Waals surface area (Å²) < 4.78 is 11.3. The van der Waals surface area contributed by atoms with E-state index in [9.17, 15) is 0 Å². The van der Waals surface area contributed by atoms with Crippen LogP contribution in [0.5, 0.6) is 11.5 Å². The molecule has 0 fully saturated rings. The maximum Gasteiger partial charge on any atom is 0.118 e. The molecule has 0 saturated heterocycles. The van der Waals surface area contributed by atoms with Gasteiger partial charge in [-0.2, -0.15) is 0 Å². The van der Waals surface area contributed by atoms with Gasteiger partial charge in [-0.15, -0.1) is 0 Å². The quantitative estimate of drug-likeness (QED) is 0.113. The normalized spacial score (nSPS) is 13.0. The van der Waals surface area contributed by atoms with Crippen molar-refractivity contribution >= 4 is 96.1 Å². The van der Waals surface area contributed by atoms with E-state index in [1.165, 1.54) is 65.3 Å². The number of methoxy groups -OCH3 is 2. The van der Waals surface area contributed by atoms with Crippen LogP contribution in [0.25, 0.3) is 65.3 Å². The number of benzene rings is 7. The molecule has 0 spiro atoms. The van der Waals surface area contributed by atoms with Crippen LogP contribution in [0.3, 0.4) is 0 Å². The molecule has 0 unspecified atom stereocenters. The van der Waals surface area contributed by atoms with Gasteiger partial charge in [0.1, 0.15) is 11.5 Å². The molecule has 7 aromatic rings. The minimum absolute atomic E-state index is 0.871. The van der Waals surface area contributed by atoms with Crippen molar-refractivity contribution in [2.45, 2.75) is 78.6 Å². The van der Waals surface area contributed by atoms with E-state index in [-0.39, 0.29) is 0 Å². The molecule has 278 valence electrons. The van der Waals surface area contributed by atoms with Crippen LogP contribution in [-0.2, 0) is 0 Å². The average Bonchev–Trinajstić information content (AvgIpc) is 3.10. The van der Waals surface area contributed by atoms with E-state index in [0.717, 1.165) is 11.5 Å². The molecule has 2 nitrogen and oxygen atoms in total. The molecule has 0 N–H and O–H groups in total. The van der Waals surface area contributed by atoms with E-state index in [4.69, 9.17) is 9.47 Å². The van der Waals surface area contributed by atoms with Crippen molar-refractivity contribution in [2.75, 3.05) is 14.2 Å². The van der Waals surface area contributed by atoms with E-state index in [1.54, 1.807) is 35.0 Å². The number of ether oxygens (including phenoxy) is 2. The Bertz CT molecular complexity index is 2260. The molecule has 54 heavy (non-hydrogen) atoms. The van der Waals surface area contributed by atoms with Crippen LogP contribution in [-0.4, -0.2) is 46.5 Å². The van der Waals surface area contributed by atoms with Crippen LogP contribution in [0.15, 0.2) is 97.1 Å². The molecule has 0 aliphatic carbocycles. The minimum atomic E-state index is -1.63. The molecule has 0 aliphatic heterocycles. The molecular weight excluding hydrogens is 721 g/mol. The van der Waals surface area contributed by atoms with Crippen LogP contribution in [0.4, 0.5) is 0 Å². The van der Waals surface area contributed by atoms with Crippen LogP contribution < -0.4 is 30.2 Å². The molecule has 0 atom stereocenters. The van der Waals surface area contributed by atoms with Crippen molar-refractivity contribution in [1.29, 1.82) is 0 Å². The summed E-state index contributed by atoms with van der Waals surface area (Å²) in [6.45, 7) is 30.1. The summed E-state index contributed by atoms with van der Waals surface area (Å²) in [5, 5.41) is 16.9. The van der Waals surface area contributed by atoms with Gasteiger partial charge in [-0.25, -0.2) is 0 Å². The molecule has 0 heterocycles. The van der Waals surface area contributed by atoms with Gasteiger partial charge in [0.15, 0.2) is 0 Å². The Kier molecular flexibility index (Phi) is 9.49. The second-order valence-corrected chi connectivity index (χ2v) is 39.6. The van der Waals surface area contributed by atoms with E-state index >= 15 is 0 Å². The summed E-state index contributed by atoms with van der Waals surface area (Å²) in [5.41, 5.74) is 4.99. The molecule has 7 aromatic carbocycles. The Hall–Kier alpha value is -3.95. The summed E-state index contributed by atoms with van der Waals surface area (Å²) in [4.78, 5) is 0. The maximum absolute atomic E-state index is 5.66. The van der Waals surface area contributed by atoms with E-state index in [2.05, 4.69) is 176 Å². The zero-order valence-electron chi connectivity index (χ0n) is 35.1. The topological polar surface area (TPSA) is 18.5 Å². The van der Waals surface area contributed by atoms with Gasteiger partial charge in [0, 0.05) is 0 Å². The Morgan fingerprint density at radius 2 is 0.537 bits per heavy atom. The van der Waals surface area contributed by atoms with Gasteiger partial charge in [0.25, 0.3) is 0 Å². The average molecular weight is 779 g/mol. The predicted molar refractivity (Wildman–Crippen MR) is 252 cm³/mol. The zero-order valence-corrected chi connectivity index (χ0v) is 39.1. The number of rotatable bonds is 8. The fraction of sp³-hybridized carbons (Fsp3) is 0.292. The molecule has 6 heteroatoms. The Labute approximate surface area is 327 Å². The molecular formula is C48H58O2Si4. The molecule has 0 saturated carbocycles. The minimum Gasteiger partial charge on any atom is -0.497 e. The lowest BCUT2D eigenvalue weighted by Gasteiger charge is -2.29. The summed E-state index contributed by atoms with van der Waals surface area (Å²) >= 11 is 0. The Morgan fingerprint density at radius 1 is 0.315 bits per heavy atom. The Balaban J connectivity index is 1.74. The number of hydrogen-bond donors (Lipinski definition) is 0. The molecule has 7 rings (SSSR count). The summed E-state index contributed by atoms with van der Waals surface area (Å²) in [5.74, 6) is 1.74. The van der Waals surface area contributed by atoms with Crippen molar-refractivity contribution in [3.05, 3.63) is 97.1 Å².